The Kier molecular flexibility index (Phi) is 32.6. The number of carbonyl (C=O) groups excluding carboxylic acids is 1. The van der Waals surface area contributed by atoms with Crippen LogP contribution >= 0.6 is 0 Å². The van der Waals surface area contributed by atoms with Gasteiger partial charge in [0.05, 0.1) is 0 Å². The van der Waals surface area contributed by atoms with Crippen LogP contribution in [0.4, 0.5) is 0 Å². The summed E-state index contributed by atoms with van der Waals surface area (Å²) in [4.78, 5) is 11.9. The summed E-state index contributed by atoms with van der Waals surface area (Å²) in [6.07, 6.45) is 48.4. The fourth-order valence-corrected chi connectivity index (χ4v) is 4.97. The molecule has 0 unspecified atom stereocenters. The minimum Gasteiger partial charge on any atom is -0.329 e. The van der Waals surface area contributed by atoms with Gasteiger partial charge in [-0.3, -0.25) is 4.79 Å². The smallest absolute Gasteiger partial charge is 0.247 e. The molecule has 0 bridgehead atoms. The number of carbonyl (C=O) groups is 1. The number of hydrogen-bond acceptors (Lipinski definition) is 1. The SMILES string of the molecule is CCCCCCCCCCCCCC=CC=CC(=O)NC=CCCCCCCCCCCCCCCCC. The first-order valence-corrected chi connectivity index (χ1v) is 17.1. The number of amides is 1. The Bertz CT molecular complexity index is 548. The number of nitrogens with one attached hydrogen (secondary N) is 1. The van der Waals surface area contributed by atoms with E-state index >= 15 is 0 Å². The molecule has 0 aromatic rings. The zero-order valence-electron chi connectivity index (χ0n) is 26.0. The van der Waals surface area contributed by atoms with Crippen LogP contribution in [0.2, 0.25) is 0 Å². The molecular formula is C36H67NO. The molecule has 0 heterocycles. The quantitative estimate of drug-likeness (QED) is 0.0559. The topological polar surface area (TPSA) is 29.1 Å². The fourth-order valence-electron chi connectivity index (χ4n) is 4.97. The highest BCUT2D eigenvalue weighted by molar-refractivity contribution is 5.88. The Labute approximate surface area is 239 Å². The van der Waals surface area contributed by atoms with E-state index in [-0.39, 0.29) is 5.91 Å². The van der Waals surface area contributed by atoms with Crippen molar-refractivity contribution in [2.75, 3.05) is 0 Å². The molecule has 222 valence electrons. The molecule has 0 aliphatic rings. The molecule has 1 N–H and O–H groups in total. The largest absolute Gasteiger partial charge is 0.329 e. The predicted octanol–water partition coefficient (Wildman–Crippen LogP) is 12.3. The van der Waals surface area contributed by atoms with E-state index in [1.54, 1.807) is 6.08 Å². The molecule has 1 amide bonds. The van der Waals surface area contributed by atoms with Gasteiger partial charge in [-0.05, 0) is 25.7 Å². The number of allylic oxidation sites excluding steroid dienone is 4. The lowest BCUT2D eigenvalue weighted by Crippen LogP contribution is -2.13. The first kappa shape index (κ1) is 36.7. The third-order valence-corrected chi connectivity index (χ3v) is 7.54. The molecule has 0 aromatic heterocycles. The van der Waals surface area contributed by atoms with Crippen molar-refractivity contribution in [2.24, 2.45) is 0 Å². The van der Waals surface area contributed by atoms with Gasteiger partial charge in [0.2, 0.25) is 5.91 Å². The van der Waals surface area contributed by atoms with E-state index in [0.717, 1.165) is 12.8 Å². The second-order valence-corrected chi connectivity index (χ2v) is 11.4. The van der Waals surface area contributed by atoms with Gasteiger partial charge in [0, 0.05) is 12.3 Å². The molecule has 2 heteroatoms. The maximum Gasteiger partial charge on any atom is 0.247 e. The van der Waals surface area contributed by atoms with Crippen molar-refractivity contribution in [3.63, 3.8) is 0 Å². The van der Waals surface area contributed by atoms with Gasteiger partial charge < -0.3 is 5.32 Å². The highest BCUT2D eigenvalue weighted by Crippen LogP contribution is 2.14. The second-order valence-electron chi connectivity index (χ2n) is 11.4. The van der Waals surface area contributed by atoms with Gasteiger partial charge in [-0.1, -0.05) is 186 Å². The van der Waals surface area contributed by atoms with E-state index in [2.05, 4.69) is 31.3 Å². The second kappa shape index (κ2) is 33.7. The maximum atomic E-state index is 11.9. The highest BCUT2D eigenvalue weighted by Gasteiger charge is 1.95. The minimum absolute atomic E-state index is 0.0402. The van der Waals surface area contributed by atoms with Crippen LogP contribution in [0.15, 0.2) is 36.6 Å². The molecule has 0 atom stereocenters. The maximum absolute atomic E-state index is 11.9. The normalized spacial score (nSPS) is 11.9. The third kappa shape index (κ3) is 32.7. The lowest BCUT2D eigenvalue weighted by Gasteiger charge is -2.02. The Morgan fingerprint density at radius 2 is 0.789 bits per heavy atom. The summed E-state index contributed by atoms with van der Waals surface area (Å²) < 4.78 is 0. The summed E-state index contributed by atoms with van der Waals surface area (Å²) in [5.41, 5.74) is 0. The van der Waals surface area contributed by atoms with Gasteiger partial charge in [0.25, 0.3) is 0 Å². The lowest BCUT2D eigenvalue weighted by atomic mass is 10.0. The molecule has 2 nitrogen and oxygen atoms in total. The average Bonchev–Trinajstić information content (AvgIpc) is 2.92. The van der Waals surface area contributed by atoms with E-state index in [0.29, 0.717) is 0 Å². The molecule has 0 aromatic carbocycles. The third-order valence-electron chi connectivity index (χ3n) is 7.54. The van der Waals surface area contributed by atoms with Crippen LogP contribution in [0.1, 0.15) is 187 Å². The molecule has 0 rings (SSSR count). The van der Waals surface area contributed by atoms with Crippen molar-refractivity contribution >= 4 is 5.91 Å². The molecule has 0 spiro atoms. The minimum atomic E-state index is -0.0402. The van der Waals surface area contributed by atoms with Crippen LogP contribution in [-0.4, -0.2) is 5.91 Å². The van der Waals surface area contributed by atoms with Crippen LogP contribution in [0.5, 0.6) is 0 Å². The highest BCUT2D eigenvalue weighted by atomic mass is 16.1. The molecule has 0 aliphatic heterocycles. The molecule has 0 aliphatic carbocycles. The van der Waals surface area contributed by atoms with Crippen molar-refractivity contribution in [3.8, 4) is 0 Å². The van der Waals surface area contributed by atoms with E-state index in [4.69, 9.17) is 0 Å². The summed E-state index contributed by atoms with van der Waals surface area (Å²) in [6.45, 7) is 4.57. The number of rotatable bonds is 30. The number of unbranched alkanes of at least 4 members (excludes halogenated alkanes) is 25. The van der Waals surface area contributed by atoms with Crippen molar-refractivity contribution in [3.05, 3.63) is 36.6 Å². The van der Waals surface area contributed by atoms with Gasteiger partial charge >= 0.3 is 0 Å². The Hall–Kier alpha value is -1.31. The number of hydrogen-bond donors (Lipinski definition) is 1. The van der Waals surface area contributed by atoms with Gasteiger partial charge in [-0.2, -0.15) is 0 Å². The van der Waals surface area contributed by atoms with Crippen LogP contribution in [0.25, 0.3) is 0 Å². The molecule has 0 fully saturated rings. The van der Waals surface area contributed by atoms with Crippen molar-refractivity contribution in [2.45, 2.75) is 187 Å². The van der Waals surface area contributed by atoms with Crippen LogP contribution < -0.4 is 5.32 Å². The standard InChI is InChI=1S/C36H67NO/c1-3-5-7-9-11-13-15-17-19-21-23-25-27-29-31-33-35-37-36(38)34-32-30-28-26-24-22-20-18-16-14-12-10-8-6-4-2/h28,30,32-35H,3-27,29,31H2,1-2H3,(H,37,38). The molecule has 0 saturated carbocycles. The van der Waals surface area contributed by atoms with Gasteiger partial charge in [0.15, 0.2) is 0 Å². The van der Waals surface area contributed by atoms with E-state index in [1.807, 2.05) is 18.4 Å². The predicted molar refractivity (Wildman–Crippen MR) is 172 cm³/mol. The van der Waals surface area contributed by atoms with Gasteiger partial charge in [0.1, 0.15) is 0 Å². The summed E-state index contributed by atoms with van der Waals surface area (Å²) in [5, 5.41) is 2.84. The monoisotopic (exact) mass is 530 g/mol. The summed E-state index contributed by atoms with van der Waals surface area (Å²) in [5.74, 6) is -0.0402. The fraction of sp³-hybridized carbons (Fsp3) is 0.806. The van der Waals surface area contributed by atoms with E-state index < -0.39 is 0 Å². The summed E-state index contributed by atoms with van der Waals surface area (Å²) >= 11 is 0. The molecule has 0 radical (unpaired) electrons. The van der Waals surface area contributed by atoms with Gasteiger partial charge in [-0.15, -0.1) is 0 Å². The van der Waals surface area contributed by atoms with Crippen molar-refractivity contribution in [1.29, 1.82) is 0 Å². The molecule has 38 heavy (non-hydrogen) atoms. The molecular weight excluding hydrogens is 462 g/mol. The van der Waals surface area contributed by atoms with Crippen LogP contribution in [0, 0.1) is 0 Å². The zero-order valence-corrected chi connectivity index (χ0v) is 26.0. The first-order valence-electron chi connectivity index (χ1n) is 17.1. The van der Waals surface area contributed by atoms with Crippen LogP contribution in [-0.2, 0) is 4.79 Å². The Morgan fingerprint density at radius 3 is 1.18 bits per heavy atom. The van der Waals surface area contributed by atoms with Gasteiger partial charge in [-0.25, -0.2) is 0 Å². The van der Waals surface area contributed by atoms with E-state index in [9.17, 15) is 4.79 Å². The van der Waals surface area contributed by atoms with Crippen molar-refractivity contribution in [1.82, 2.24) is 5.32 Å². The Balaban J connectivity index is 3.35. The van der Waals surface area contributed by atoms with E-state index in [1.165, 1.54) is 161 Å². The average molecular weight is 530 g/mol. The van der Waals surface area contributed by atoms with Crippen molar-refractivity contribution < 1.29 is 4.79 Å². The molecule has 0 saturated heterocycles. The summed E-state index contributed by atoms with van der Waals surface area (Å²) in [7, 11) is 0. The summed E-state index contributed by atoms with van der Waals surface area (Å²) in [6, 6.07) is 0. The zero-order chi connectivity index (χ0) is 27.6. The Morgan fingerprint density at radius 1 is 0.447 bits per heavy atom. The first-order chi connectivity index (χ1) is 18.8. The lowest BCUT2D eigenvalue weighted by molar-refractivity contribution is -0.115. The van der Waals surface area contributed by atoms with Crippen LogP contribution in [0.3, 0.4) is 0 Å².